The predicted molar refractivity (Wildman–Crippen MR) is 115 cm³/mol. The molecule has 2 aromatic carbocycles. The van der Waals surface area contributed by atoms with Crippen LogP contribution in [0.2, 0.25) is 0 Å². The third kappa shape index (κ3) is 4.14. The van der Waals surface area contributed by atoms with Crippen molar-refractivity contribution in [1.82, 2.24) is 19.3 Å². The summed E-state index contributed by atoms with van der Waals surface area (Å²) in [7, 11) is 0. The van der Waals surface area contributed by atoms with Crippen LogP contribution in [-0.4, -0.2) is 32.0 Å². The van der Waals surface area contributed by atoms with E-state index in [9.17, 15) is 22.8 Å². The van der Waals surface area contributed by atoms with Crippen LogP contribution in [0.15, 0.2) is 62.6 Å². The quantitative estimate of drug-likeness (QED) is 0.442. The molecule has 0 spiro atoms. The zero-order valence-corrected chi connectivity index (χ0v) is 17.8. The van der Waals surface area contributed by atoms with Gasteiger partial charge in [-0.25, -0.2) is 4.79 Å². The first kappa shape index (κ1) is 22.1. The normalized spacial score (nSPS) is 16.4. The SMILES string of the molecule is O=c1c2ccccc2n(Cc2nc(-c3cccc(C(F)(F)F)c3)no2)c(=O)n1CC1CCCO1. The van der Waals surface area contributed by atoms with Gasteiger partial charge in [-0.1, -0.05) is 29.4 Å². The first-order chi connectivity index (χ1) is 16.3. The van der Waals surface area contributed by atoms with Crippen LogP contribution in [0.4, 0.5) is 13.2 Å². The monoisotopic (exact) mass is 472 g/mol. The molecule has 1 fully saturated rings. The van der Waals surface area contributed by atoms with Gasteiger partial charge >= 0.3 is 11.9 Å². The van der Waals surface area contributed by atoms with Crippen LogP contribution < -0.4 is 11.2 Å². The number of nitrogens with zero attached hydrogens (tertiary/aromatic N) is 4. The summed E-state index contributed by atoms with van der Waals surface area (Å²) >= 11 is 0. The Morgan fingerprint density at radius 2 is 1.88 bits per heavy atom. The van der Waals surface area contributed by atoms with Crippen molar-refractivity contribution in [1.29, 1.82) is 0 Å². The number of alkyl halides is 3. The predicted octanol–water partition coefficient (Wildman–Crippen LogP) is 3.46. The molecule has 11 heteroatoms. The third-order valence-corrected chi connectivity index (χ3v) is 5.75. The lowest BCUT2D eigenvalue weighted by atomic mass is 10.1. The molecule has 0 saturated carbocycles. The minimum atomic E-state index is -4.51. The van der Waals surface area contributed by atoms with Crippen LogP contribution in [-0.2, 0) is 24.0 Å². The number of fused-ring (bicyclic) bond motifs is 1. The highest BCUT2D eigenvalue weighted by atomic mass is 19.4. The zero-order valence-electron chi connectivity index (χ0n) is 17.8. The molecule has 3 heterocycles. The van der Waals surface area contributed by atoms with E-state index in [0.717, 1.165) is 29.5 Å². The highest BCUT2D eigenvalue weighted by Gasteiger charge is 2.31. The van der Waals surface area contributed by atoms with Crippen LogP contribution >= 0.6 is 0 Å². The summed E-state index contributed by atoms with van der Waals surface area (Å²) in [5.41, 5.74) is -1.29. The second kappa shape index (κ2) is 8.56. The van der Waals surface area contributed by atoms with Gasteiger partial charge in [0.1, 0.15) is 6.54 Å². The number of aromatic nitrogens is 4. The van der Waals surface area contributed by atoms with Crippen molar-refractivity contribution in [3.05, 3.63) is 80.8 Å². The van der Waals surface area contributed by atoms with Gasteiger partial charge < -0.3 is 9.26 Å². The summed E-state index contributed by atoms with van der Waals surface area (Å²) in [4.78, 5) is 30.5. The summed E-state index contributed by atoms with van der Waals surface area (Å²) in [5.74, 6) is -0.0203. The molecule has 0 amide bonds. The van der Waals surface area contributed by atoms with Gasteiger partial charge in [-0.3, -0.25) is 13.9 Å². The summed E-state index contributed by atoms with van der Waals surface area (Å²) in [5, 5.41) is 4.13. The van der Waals surface area contributed by atoms with E-state index < -0.39 is 23.0 Å². The van der Waals surface area contributed by atoms with Gasteiger partial charge in [0.2, 0.25) is 11.7 Å². The van der Waals surface area contributed by atoms with Gasteiger partial charge in [-0.15, -0.1) is 0 Å². The molecular formula is C23H19F3N4O4. The largest absolute Gasteiger partial charge is 0.416 e. The minimum absolute atomic E-state index is 0.0157. The van der Waals surface area contributed by atoms with Crippen molar-refractivity contribution in [3.8, 4) is 11.4 Å². The molecule has 8 nitrogen and oxygen atoms in total. The Morgan fingerprint density at radius 1 is 1.06 bits per heavy atom. The van der Waals surface area contributed by atoms with E-state index in [2.05, 4.69) is 10.1 Å². The van der Waals surface area contributed by atoms with Crippen LogP contribution in [0, 0.1) is 0 Å². The van der Waals surface area contributed by atoms with Gasteiger partial charge in [0.25, 0.3) is 5.56 Å². The van der Waals surface area contributed by atoms with Crippen molar-refractivity contribution >= 4 is 10.9 Å². The molecule has 5 rings (SSSR count). The van der Waals surface area contributed by atoms with E-state index in [1.165, 1.54) is 16.7 Å². The highest BCUT2D eigenvalue weighted by molar-refractivity contribution is 5.77. The fourth-order valence-electron chi connectivity index (χ4n) is 4.08. The van der Waals surface area contributed by atoms with Crippen LogP contribution in [0.3, 0.4) is 0 Å². The lowest BCUT2D eigenvalue weighted by molar-refractivity contribution is -0.137. The molecular weight excluding hydrogens is 453 g/mol. The van der Waals surface area contributed by atoms with Gasteiger partial charge in [0, 0.05) is 12.2 Å². The second-order valence-electron chi connectivity index (χ2n) is 8.03. The van der Waals surface area contributed by atoms with Gasteiger partial charge in [-0.05, 0) is 37.1 Å². The van der Waals surface area contributed by atoms with Crippen LogP contribution in [0.5, 0.6) is 0 Å². The Hall–Kier alpha value is -3.73. The fourth-order valence-corrected chi connectivity index (χ4v) is 4.08. The molecule has 0 radical (unpaired) electrons. The zero-order chi connectivity index (χ0) is 23.9. The molecule has 1 atom stereocenters. The first-order valence-electron chi connectivity index (χ1n) is 10.7. The Kier molecular flexibility index (Phi) is 5.56. The second-order valence-corrected chi connectivity index (χ2v) is 8.03. The molecule has 0 bridgehead atoms. The molecule has 1 unspecified atom stereocenters. The third-order valence-electron chi connectivity index (χ3n) is 5.75. The summed E-state index contributed by atoms with van der Waals surface area (Å²) in [6.07, 6.45) is -3.12. The summed E-state index contributed by atoms with van der Waals surface area (Å²) in [6.45, 7) is 0.556. The van der Waals surface area contributed by atoms with E-state index in [0.29, 0.717) is 17.5 Å². The molecule has 1 aliphatic rings. The summed E-state index contributed by atoms with van der Waals surface area (Å²) in [6, 6.07) is 11.2. The smallest absolute Gasteiger partial charge is 0.376 e. The van der Waals surface area contributed by atoms with E-state index in [1.54, 1.807) is 24.3 Å². The summed E-state index contributed by atoms with van der Waals surface area (Å²) < 4.78 is 52.5. The van der Waals surface area contributed by atoms with Gasteiger partial charge in [0.05, 0.1) is 29.1 Å². The maximum absolute atomic E-state index is 13.3. The molecule has 1 aliphatic heterocycles. The Morgan fingerprint density at radius 3 is 2.65 bits per heavy atom. The van der Waals surface area contributed by atoms with Crippen molar-refractivity contribution < 1.29 is 22.4 Å². The lowest BCUT2D eigenvalue weighted by Crippen LogP contribution is -2.42. The highest BCUT2D eigenvalue weighted by Crippen LogP contribution is 2.31. The van der Waals surface area contributed by atoms with Crippen LogP contribution in [0.1, 0.15) is 24.3 Å². The van der Waals surface area contributed by atoms with Gasteiger partial charge in [-0.2, -0.15) is 18.2 Å². The first-order valence-corrected chi connectivity index (χ1v) is 10.7. The minimum Gasteiger partial charge on any atom is -0.376 e. The number of hydrogen-bond donors (Lipinski definition) is 0. The van der Waals surface area contributed by atoms with Gasteiger partial charge in [0.15, 0.2) is 0 Å². The Labute approximate surface area is 190 Å². The fraction of sp³-hybridized carbons (Fsp3) is 0.304. The maximum atomic E-state index is 13.3. The van der Waals surface area contributed by atoms with E-state index in [4.69, 9.17) is 9.26 Å². The average molecular weight is 472 g/mol. The number of ether oxygens (including phenoxy) is 1. The molecule has 0 N–H and O–H groups in total. The molecule has 0 aliphatic carbocycles. The van der Waals surface area contributed by atoms with Crippen molar-refractivity contribution in [2.75, 3.05) is 6.61 Å². The number of para-hydroxylation sites is 1. The van der Waals surface area contributed by atoms with Crippen molar-refractivity contribution in [2.24, 2.45) is 0 Å². The number of rotatable bonds is 5. The van der Waals surface area contributed by atoms with Crippen molar-refractivity contribution in [2.45, 2.75) is 38.2 Å². The Bertz CT molecular complexity index is 1470. The molecule has 1 saturated heterocycles. The lowest BCUT2D eigenvalue weighted by Gasteiger charge is -2.15. The number of hydrogen-bond acceptors (Lipinski definition) is 6. The van der Waals surface area contributed by atoms with E-state index in [-0.39, 0.29) is 36.5 Å². The van der Waals surface area contributed by atoms with E-state index >= 15 is 0 Å². The average Bonchev–Trinajstić information content (AvgIpc) is 3.51. The van der Waals surface area contributed by atoms with Crippen molar-refractivity contribution in [3.63, 3.8) is 0 Å². The molecule has 2 aromatic heterocycles. The topological polar surface area (TPSA) is 92.2 Å². The standard InChI is InChI=1S/C23H19F3N4O4/c24-23(25,26)15-6-3-5-14(11-15)20-27-19(34-28-20)13-29-18-9-2-1-8-17(18)21(31)30(22(29)32)12-16-7-4-10-33-16/h1-3,5-6,8-9,11,16H,4,7,10,12-13H2. The Balaban J connectivity index is 1.53. The molecule has 34 heavy (non-hydrogen) atoms. The van der Waals surface area contributed by atoms with Crippen LogP contribution in [0.25, 0.3) is 22.3 Å². The molecule has 4 aromatic rings. The maximum Gasteiger partial charge on any atom is 0.416 e. The number of halogens is 3. The number of benzene rings is 2. The van der Waals surface area contributed by atoms with E-state index in [1.807, 2.05) is 0 Å². The molecule has 176 valence electrons.